The minimum absolute atomic E-state index is 0.466. The number of aliphatic hydroxyl groups excluding tert-OH is 1. The van der Waals surface area contributed by atoms with Crippen LogP contribution in [0.1, 0.15) is 30.8 Å². The molecule has 0 aliphatic heterocycles. The van der Waals surface area contributed by atoms with Gasteiger partial charge in [-0.3, -0.25) is 0 Å². The van der Waals surface area contributed by atoms with E-state index in [1.165, 1.54) is 0 Å². The van der Waals surface area contributed by atoms with Gasteiger partial charge >= 0.3 is 0 Å². The zero-order valence-corrected chi connectivity index (χ0v) is 11.4. The van der Waals surface area contributed by atoms with Gasteiger partial charge in [0.05, 0.1) is 12.6 Å². The van der Waals surface area contributed by atoms with Gasteiger partial charge in [0.25, 0.3) is 0 Å². The van der Waals surface area contributed by atoms with Crippen LogP contribution in [0.4, 0.5) is 0 Å². The standard InChI is InChI=1S/C15H20N2O2/c1-3-14(18)13-6-4-5-7-15(13)19-11-10-17-9-8-16-12(17)2/h4-9,14,18H,3,10-11H2,1-2H3. The number of hydrogen-bond acceptors (Lipinski definition) is 3. The molecule has 0 saturated heterocycles. The van der Waals surface area contributed by atoms with Crippen LogP contribution in [0.5, 0.6) is 5.75 Å². The summed E-state index contributed by atoms with van der Waals surface area (Å²) in [6.07, 6.45) is 3.93. The fourth-order valence-electron chi connectivity index (χ4n) is 2.00. The minimum Gasteiger partial charge on any atom is -0.491 e. The largest absolute Gasteiger partial charge is 0.491 e. The number of hydrogen-bond donors (Lipinski definition) is 1. The Balaban J connectivity index is 1.98. The minimum atomic E-state index is -0.466. The number of imidazole rings is 1. The van der Waals surface area contributed by atoms with Gasteiger partial charge in [0.15, 0.2) is 0 Å². The highest BCUT2D eigenvalue weighted by Gasteiger charge is 2.10. The summed E-state index contributed by atoms with van der Waals surface area (Å²) in [6.45, 7) is 5.23. The molecule has 0 saturated carbocycles. The molecular weight excluding hydrogens is 240 g/mol. The smallest absolute Gasteiger partial charge is 0.125 e. The predicted molar refractivity (Wildman–Crippen MR) is 74.2 cm³/mol. The molecule has 1 atom stereocenters. The normalized spacial score (nSPS) is 12.4. The van der Waals surface area contributed by atoms with Crippen molar-refractivity contribution in [1.29, 1.82) is 0 Å². The van der Waals surface area contributed by atoms with Crippen molar-refractivity contribution in [2.45, 2.75) is 32.9 Å². The summed E-state index contributed by atoms with van der Waals surface area (Å²) < 4.78 is 7.82. The molecule has 1 heterocycles. The first kappa shape index (κ1) is 13.6. The van der Waals surface area contributed by atoms with E-state index in [4.69, 9.17) is 4.74 Å². The first-order chi connectivity index (χ1) is 9.22. The van der Waals surface area contributed by atoms with Crippen molar-refractivity contribution in [2.75, 3.05) is 6.61 Å². The molecule has 2 rings (SSSR count). The van der Waals surface area contributed by atoms with Gasteiger partial charge in [-0.15, -0.1) is 0 Å². The maximum Gasteiger partial charge on any atom is 0.125 e. The van der Waals surface area contributed by atoms with E-state index in [2.05, 4.69) is 4.98 Å². The predicted octanol–water partition coefficient (Wildman–Crippen LogP) is 2.71. The summed E-state index contributed by atoms with van der Waals surface area (Å²) in [5, 5.41) is 9.94. The van der Waals surface area contributed by atoms with Gasteiger partial charge < -0.3 is 14.4 Å². The zero-order valence-electron chi connectivity index (χ0n) is 11.4. The summed E-state index contributed by atoms with van der Waals surface area (Å²) in [5.41, 5.74) is 0.854. The highest BCUT2D eigenvalue weighted by atomic mass is 16.5. The Morgan fingerprint density at radius 2 is 2.16 bits per heavy atom. The Labute approximate surface area is 113 Å². The molecule has 4 heteroatoms. The second-order valence-electron chi connectivity index (χ2n) is 4.48. The Morgan fingerprint density at radius 3 is 2.84 bits per heavy atom. The Hall–Kier alpha value is -1.81. The molecule has 102 valence electrons. The Kier molecular flexibility index (Phi) is 4.58. The van der Waals surface area contributed by atoms with E-state index in [9.17, 15) is 5.11 Å². The number of ether oxygens (including phenoxy) is 1. The molecule has 0 aliphatic rings. The number of nitrogens with zero attached hydrogens (tertiary/aromatic N) is 2. The lowest BCUT2D eigenvalue weighted by Crippen LogP contribution is -2.10. The van der Waals surface area contributed by atoms with Gasteiger partial charge in [-0.05, 0) is 19.4 Å². The van der Waals surface area contributed by atoms with Crippen molar-refractivity contribution in [1.82, 2.24) is 9.55 Å². The lowest BCUT2D eigenvalue weighted by atomic mass is 10.1. The molecule has 2 aromatic rings. The molecule has 4 nitrogen and oxygen atoms in total. The lowest BCUT2D eigenvalue weighted by molar-refractivity contribution is 0.166. The third-order valence-corrected chi connectivity index (χ3v) is 3.18. The second-order valence-corrected chi connectivity index (χ2v) is 4.48. The average molecular weight is 260 g/mol. The van der Waals surface area contributed by atoms with Gasteiger partial charge in [-0.1, -0.05) is 25.1 Å². The molecule has 1 N–H and O–H groups in total. The monoisotopic (exact) mass is 260 g/mol. The van der Waals surface area contributed by atoms with E-state index in [1.807, 2.05) is 48.9 Å². The van der Waals surface area contributed by atoms with E-state index < -0.39 is 6.10 Å². The maximum absolute atomic E-state index is 9.94. The van der Waals surface area contributed by atoms with Gasteiger partial charge in [0.2, 0.25) is 0 Å². The summed E-state index contributed by atoms with van der Waals surface area (Å²) >= 11 is 0. The van der Waals surface area contributed by atoms with Crippen LogP contribution in [0.3, 0.4) is 0 Å². The third kappa shape index (κ3) is 3.35. The molecular formula is C15H20N2O2. The maximum atomic E-state index is 9.94. The fourth-order valence-corrected chi connectivity index (χ4v) is 2.00. The van der Waals surface area contributed by atoms with Crippen LogP contribution in [0, 0.1) is 6.92 Å². The molecule has 0 fully saturated rings. The Morgan fingerprint density at radius 1 is 1.37 bits per heavy atom. The third-order valence-electron chi connectivity index (χ3n) is 3.18. The molecule has 1 aromatic carbocycles. The lowest BCUT2D eigenvalue weighted by Gasteiger charge is -2.15. The number of aromatic nitrogens is 2. The van der Waals surface area contributed by atoms with E-state index in [0.29, 0.717) is 13.0 Å². The summed E-state index contributed by atoms with van der Waals surface area (Å²) in [4.78, 5) is 4.17. The average Bonchev–Trinajstić information content (AvgIpc) is 2.84. The molecule has 1 aromatic heterocycles. The van der Waals surface area contributed by atoms with Crippen molar-refractivity contribution in [2.24, 2.45) is 0 Å². The van der Waals surface area contributed by atoms with Crippen LogP contribution in [-0.4, -0.2) is 21.3 Å². The van der Waals surface area contributed by atoms with Crippen molar-refractivity contribution < 1.29 is 9.84 Å². The van der Waals surface area contributed by atoms with Crippen LogP contribution >= 0.6 is 0 Å². The van der Waals surface area contributed by atoms with Gasteiger partial charge in [0.1, 0.15) is 18.2 Å². The molecule has 0 bridgehead atoms. The Bertz CT molecular complexity index is 522. The molecule has 0 aliphatic carbocycles. The number of rotatable bonds is 6. The molecule has 0 amide bonds. The van der Waals surface area contributed by atoms with Crippen LogP contribution in [0.25, 0.3) is 0 Å². The molecule has 1 unspecified atom stereocenters. The number of aryl methyl sites for hydroxylation is 1. The topological polar surface area (TPSA) is 47.3 Å². The highest BCUT2D eigenvalue weighted by Crippen LogP contribution is 2.26. The molecule has 0 spiro atoms. The SMILES string of the molecule is CCC(O)c1ccccc1OCCn1ccnc1C. The van der Waals surface area contributed by atoms with Crippen LogP contribution < -0.4 is 4.74 Å². The molecule has 19 heavy (non-hydrogen) atoms. The van der Waals surface area contributed by atoms with Crippen molar-refractivity contribution in [3.63, 3.8) is 0 Å². The van der Waals surface area contributed by atoms with Crippen LogP contribution in [0.15, 0.2) is 36.7 Å². The first-order valence-electron chi connectivity index (χ1n) is 6.60. The zero-order chi connectivity index (χ0) is 13.7. The number of benzene rings is 1. The van der Waals surface area contributed by atoms with E-state index in [0.717, 1.165) is 23.7 Å². The second kappa shape index (κ2) is 6.38. The number of aliphatic hydroxyl groups is 1. The van der Waals surface area contributed by atoms with E-state index >= 15 is 0 Å². The van der Waals surface area contributed by atoms with Crippen molar-refractivity contribution >= 4 is 0 Å². The van der Waals surface area contributed by atoms with Crippen LogP contribution in [-0.2, 0) is 6.54 Å². The summed E-state index contributed by atoms with van der Waals surface area (Å²) in [7, 11) is 0. The molecule has 0 radical (unpaired) electrons. The van der Waals surface area contributed by atoms with Crippen molar-refractivity contribution in [3.8, 4) is 5.75 Å². The summed E-state index contributed by atoms with van der Waals surface area (Å²) in [5.74, 6) is 1.74. The highest BCUT2D eigenvalue weighted by molar-refractivity contribution is 5.34. The van der Waals surface area contributed by atoms with Crippen molar-refractivity contribution in [3.05, 3.63) is 48.0 Å². The van der Waals surface area contributed by atoms with Gasteiger partial charge in [0, 0.05) is 18.0 Å². The van der Waals surface area contributed by atoms with Gasteiger partial charge in [-0.2, -0.15) is 0 Å². The van der Waals surface area contributed by atoms with E-state index in [1.54, 1.807) is 6.20 Å². The van der Waals surface area contributed by atoms with E-state index in [-0.39, 0.29) is 0 Å². The summed E-state index contributed by atoms with van der Waals surface area (Å²) in [6, 6.07) is 7.64. The fraction of sp³-hybridized carbons (Fsp3) is 0.400. The number of para-hydroxylation sites is 1. The quantitative estimate of drug-likeness (QED) is 0.868. The van der Waals surface area contributed by atoms with Crippen LogP contribution in [0.2, 0.25) is 0 Å². The first-order valence-corrected chi connectivity index (χ1v) is 6.60. The van der Waals surface area contributed by atoms with Gasteiger partial charge in [-0.25, -0.2) is 4.98 Å².